The molecular formula is C30H23ClFN5O2. The van der Waals surface area contributed by atoms with E-state index in [1.165, 1.54) is 6.07 Å². The van der Waals surface area contributed by atoms with Crippen LogP contribution in [0.1, 0.15) is 52.7 Å². The zero-order chi connectivity index (χ0) is 26.5. The van der Waals surface area contributed by atoms with Gasteiger partial charge in [0.1, 0.15) is 11.6 Å². The number of hydrogen-bond acceptors (Lipinski definition) is 3. The molecule has 3 N–H and O–H groups in total. The van der Waals surface area contributed by atoms with Gasteiger partial charge >= 0.3 is 0 Å². The lowest BCUT2D eigenvalue weighted by atomic mass is 9.88. The van der Waals surface area contributed by atoms with Crippen molar-refractivity contribution < 1.29 is 9.18 Å². The number of carbonyl (C=O) groups excluding carboxylic acids is 1. The van der Waals surface area contributed by atoms with Crippen molar-refractivity contribution in [2.45, 2.75) is 43.7 Å². The van der Waals surface area contributed by atoms with E-state index >= 15 is 4.39 Å². The van der Waals surface area contributed by atoms with Gasteiger partial charge in [-0.1, -0.05) is 23.7 Å². The molecule has 1 aliphatic carbocycles. The number of nitrogens with zero attached hydrogens (tertiary/aromatic N) is 2. The molecule has 39 heavy (non-hydrogen) atoms. The summed E-state index contributed by atoms with van der Waals surface area (Å²) in [5.74, 6) is -0.203. The van der Waals surface area contributed by atoms with Gasteiger partial charge in [-0.2, -0.15) is 0 Å². The fourth-order valence-electron chi connectivity index (χ4n) is 6.44. The van der Waals surface area contributed by atoms with Gasteiger partial charge in [0, 0.05) is 51.1 Å². The number of amides is 1. The molecule has 1 atom stereocenters. The second-order valence-corrected chi connectivity index (χ2v) is 11.3. The van der Waals surface area contributed by atoms with E-state index in [2.05, 4.69) is 26.3 Å². The zero-order valence-electron chi connectivity index (χ0n) is 20.8. The minimum atomic E-state index is -0.588. The van der Waals surface area contributed by atoms with Crippen LogP contribution in [0.5, 0.6) is 0 Å². The Hall–Kier alpha value is -4.17. The van der Waals surface area contributed by atoms with Crippen molar-refractivity contribution in [3.8, 4) is 22.4 Å². The van der Waals surface area contributed by atoms with Crippen molar-refractivity contribution in [2.75, 3.05) is 0 Å². The standard InChI is InChI=1S/C30H23ClFN5O2/c31-19-3-1-17-13-30(8-9-30)36-29(39)26-18(25(17)27(19)32)12-24(38)37-22(26)5-6-23(37)28-34-14-21(35-28)15-2-4-20-16(11-15)7-10-33-20/h1-4,7,10-12,14,23,33H,5-6,8-9,13H2,(H,34,35)(H,36,39)/t23-/m0/s1. The topological polar surface area (TPSA) is 95.6 Å². The Morgan fingerprint density at radius 2 is 1.95 bits per heavy atom. The van der Waals surface area contributed by atoms with E-state index in [1.807, 2.05) is 30.5 Å². The molecule has 2 aliphatic heterocycles. The Kier molecular flexibility index (Phi) is 4.63. The zero-order valence-corrected chi connectivity index (χ0v) is 21.5. The van der Waals surface area contributed by atoms with Crippen molar-refractivity contribution in [1.29, 1.82) is 0 Å². The summed E-state index contributed by atoms with van der Waals surface area (Å²) in [5.41, 5.74) is 4.51. The van der Waals surface area contributed by atoms with E-state index in [0.717, 1.165) is 40.6 Å². The van der Waals surface area contributed by atoms with Crippen molar-refractivity contribution in [1.82, 2.24) is 24.8 Å². The molecule has 1 fully saturated rings. The highest BCUT2D eigenvalue weighted by Crippen LogP contribution is 2.46. The number of nitrogens with one attached hydrogen (secondary N) is 3. The maximum Gasteiger partial charge on any atom is 0.254 e. The fraction of sp³-hybridized carbons (Fsp3) is 0.233. The Bertz CT molecular complexity index is 1910. The molecule has 1 saturated carbocycles. The fourth-order valence-corrected chi connectivity index (χ4v) is 6.60. The molecule has 1 amide bonds. The summed E-state index contributed by atoms with van der Waals surface area (Å²) >= 11 is 6.20. The first-order valence-electron chi connectivity index (χ1n) is 13.1. The summed E-state index contributed by atoms with van der Waals surface area (Å²) in [6, 6.07) is 12.5. The number of halogens is 2. The molecule has 3 aromatic heterocycles. The molecule has 9 heteroatoms. The number of imidazole rings is 1. The molecule has 8 rings (SSSR count). The summed E-state index contributed by atoms with van der Waals surface area (Å²) in [4.78, 5) is 38.6. The van der Waals surface area contributed by atoms with Crippen LogP contribution in [0.15, 0.2) is 59.7 Å². The number of aromatic nitrogens is 4. The molecule has 7 nitrogen and oxygen atoms in total. The van der Waals surface area contributed by atoms with E-state index in [-0.39, 0.29) is 33.6 Å². The van der Waals surface area contributed by atoms with Gasteiger partial charge in [-0.25, -0.2) is 9.37 Å². The highest BCUT2D eigenvalue weighted by molar-refractivity contribution is 6.31. The lowest BCUT2D eigenvalue weighted by Crippen LogP contribution is -2.41. The number of hydrogen-bond donors (Lipinski definition) is 3. The van der Waals surface area contributed by atoms with Crippen molar-refractivity contribution in [3.63, 3.8) is 0 Å². The van der Waals surface area contributed by atoms with Crippen LogP contribution < -0.4 is 10.9 Å². The largest absolute Gasteiger partial charge is 0.361 e. The Morgan fingerprint density at radius 3 is 2.79 bits per heavy atom. The van der Waals surface area contributed by atoms with E-state index in [9.17, 15) is 9.59 Å². The van der Waals surface area contributed by atoms with Crippen molar-refractivity contribution in [2.24, 2.45) is 0 Å². The van der Waals surface area contributed by atoms with Gasteiger partial charge in [-0.3, -0.25) is 9.59 Å². The smallest absolute Gasteiger partial charge is 0.254 e. The van der Waals surface area contributed by atoms with E-state index in [4.69, 9.17) is 11.6 Å². The molecule has 0 saturated heterocycles. The molecule has 0 bridgehead atoms. The van der Waals surface area contributed by atoms with Gasteiger partial charge < -0.3 is 19.9 Å². The monoisotopic (exact) mass is 539 g/mol. The first-order chi connectivity index (χ1) is 18.9. The summed E-state index contributed by atoms with van der Waals surface area (Å²) < 4.78 is 17.2. The molecule has 194 valence electrons. The molecule has 1 spiro atoms. The quantitative estimate of drug-likeness (QED) is 0.275. The highest BCUT2D eigenvalue weighted by Gasteiger charge is 2.47. The average Bonchev–Trinajstić information content (AvgIpc) is 3.31. The number of fused-ring (bicyclic) bond motifs is 6. The summed E-state index contributed by atoms with van der Waals surface area (Å²) in [5, 5.41) is 4.28. The van der Waals surface area contributed by atoms with Gasteiger partial charge in [-0.15, -0.1) is 0 Å². The van der Waals surface area contributed by atoms with Gasteiger partial charge in [0.2, 0.25) is 0 Å². The maximum atomic E-state index is 15.6. The second-order valence-electron chi connectivity index (χ2n) is 10.9. The Morgan fingerprint density at radius 1 is 1.08 bits per heavy atom. The van der Waals surface area contributed by atoms with Crippen LogP contribution in [0.4, 0.5) is 4.39 Å². The summed E-state index contributed by atoms with van der Waals surface area (Å²) in [6.07, 6.45) is 6.94. The second kappa shape index (κ2) is 7.93. The van der Waals surface area contributed by atoms with Crippen LogP contribution >= 0.6 is 11.6 Å². The van der Waals surface area contributed by atoms with Crippen LogP contribution in [0.25, 0.3) is 33.3 Å². The van der Waals surface area contributed by atoms with E-state index < -0.39 is 5.82 Å². The minimum absolute atomic E-state index is 0.0232. The molecule has 0 unspecified atom stereocenters. The number of pyridine rings is 1. The van der Waals surface area contributed by atoms with E-state index in [1.54, 1.807) is 16.8 Å². The molecule has 5 aromatic rings. The van der Waals surface area contributed by atoms with Gasteiger partial charge in [0.15, 0.2) is 0 Å². The lowest BCUT2D eigenvalue weighted by molar-refractivity contribution is 0.0929. The summed E-state index contributed by atoms with van der Waals surface area (Å²) in [7, 11) is 0. The molecule has 0 radical (unpaired) electrons. The van der Waals surface area contributed by atoms with Gasteiger partial charge in [0.25, 0.3) is 11.5 Å². The highest BCUT2D eigenvalue weighted by atomic mass is 35.5. The van der Waals surface area contributed by atoms with Crippen LogP contribution in [-0.4, -0.2) is 31.0 Å². The van der Waals surface area contributed by atoms with Crippen LogP contribution in [0.3, 0.4) is 0 Å². The molecule has 5 heterocycles. The molecular weight excluding hydrogens is 517 g/mol. The van der Waals surface area contributed by atoms with Crippen molar-refractivity contribution >= 4 is 28.4 Å². The number of aromatic amines is 2. The molecule has 3 aliphatic rings. The number of carbonyl (C=O) groups is 1. The van der Waals surface area contributed by atoms with Gasteiger partial charge in [0.05, 0.1) is 28.5 Å². The predicted molar refractivity (Wildman–Crippen MR) is 147 cm³/mol. The Labute approximate surface area is 227 Å². The van der Waals surface area contributed by atoms with Crippen LogP contribution in [0, 0.1) is 5.82 Å². The van der Waals surface area contributed by atoms with Crippen LogP contribution in [-0.2, 0) is 12.8 Å². The van der Waals surface area contributed by atoms with Crippen LogP contribution in [0.2, 0.25) is 5.02 Å². The summed E-state index contributed by atoms with van der Waals surface area (Å²) in [6.45, 7) is 0. The SMILES string of the molecule is O=C1NC2(CC2)Cc2ccc(Cl)c(F)c2-c2cc(=O)n3c(c21)CC[C@H]3c1ncc(-c2ccc3[nH]ccc3c2)[nH]1. The number of H-pyrrole nitrogens is 2. The van der Waals surface area contributed by atoms with Gasteiger partial charge in [-0.05, 0) is 61.9 Å². The number of benzene rings is 2. The Balaban J connectivity index is 1.27. The average molecular weight is 540 g/mol. The lowest BCUT2D eigenvalue weighted by Gasteiger charge is -2.27. The third-order valence-corrected chi connectivity index (χ3v) is 8.83. The normalized spacial score (nSPS) is 18.8. The third kappa shape index (κ3) is 3.37. The predicted octanol–water partition coefficient (Wildman–Crippen LogP) is 5.53. The molecule has 2 aromatic carbocycles. The number of rotatable bonds is 2. The maximum absolute atomic E-state index is 15.6. The first-order valence-corrected chi connectivity index (χ1v) is 13.5. The van der Waals surface area contributed by atoms with E-state index in [0.29, 0.717) is 41.9 Å². The van der Waals surface area contributed by atoms with Crippen molar-refractivity contribution in [3.05, 3.63) is 98.7 Å². The third-order valence-electron chi connectivity index (χ3n) is 8.53. The minimum Gasteiger partial charge on any atom is -0.361 e. The first kappa shape index (κ1) is 22.8.